The third-order valence-corrected chi connectivity index (χ3v) is 7.48. The van der Waals surface area contributed by atoms with Crippen LogP contribution in [0.15, 0.2) is 59.2 Å². The molecule has 3 heterocycles. The maximum Gasteiger partial charge on any atom is 0.232 e. The van der Waals surface area contributed by atoms with Gasteiger partial charge in [-0.3, -0.25) is 0 Å². The van der Waals surface area contributed by atoms with Gasteiger partial charge in [0.25, 0.3) is 0 Å². The van der Waals surface area contributed by atoms with E-state index in [4.69, 9.17) is 10.7 Å². The number of fused-ring (bicyclic) bond motifs is 1. The van der Waals surface area contributed by atoms with E-state index in [-0.39, 0.29) is 0 Å². The zero-order valence-electron chi connectivity index (χ0n) is 15.5. The summed E-state index contributed by atoms with van der Waals surface area (Å²) in [6.45, 7) is 2.09. The molecule has 0 unspecified atom stereocenters. The zero-order valence-corrected chi connectivity index (χ0v) is 17.1. The molecule has 1 aromatic carbocycles. The third-order valence-electron chi connectivity index (χ3n) is 4.48. The molecule has 0 spiro atoms. The van der Waals surface area contributed by atoms with Gasteiger partial charge in [-0.2, -0.15) is 0 Å². The van der Waals surface area contributed by atoms with Crippen LogP contribution < -0.4 is 5.73 Å². The molecule has 3 aromatic heterocycles. The molecule has 0 fully saturated rings. The summed E-state index contributed by atoms with van der Waals surface area (Å²) in [5.74, 6) is 0.618. The van der Waals surface area contributed by atoms with E-state index in [1.807, 2.05) is 42.5 Å². The van der Waals surface area contributed by atoms with Gasteiger partial charge in [0, 0.05) is 11.6 Å². The van der Waals surface area contributed by atoms with Crippen LogP contribution in [-0.4, -0.2) is 25.3 Å². The highest BCUT2D eigenvalue weighted by atomic mass is 32.2. The van der Waals surface area contributed by atoms with Gasteiger partial charge in [-0.05, 0) is 40.9 Å². The molecule has 0 saturated carbocycles. The van der Waals surface area contributed by atoms with Crippen molar-refractivity contribution >= 4 is 38.4 Å². The van der Waals surface area contributed by atoms with E-state index in [0.717, 1.165) is 45.6 Å². The SMILES string of the molecule is CCCC[S@@+]([O-])c1sc2nc(-c3ccncn3)cc(-c3ccccc3)c2c1N. The summed E-state index contributed by atoms with van der Waals surface area (Å²) in [6.07, 6.45) is 5.12. The largest absolute Gasteiger partial charge is 0.611 e. The summed E-state index contributed by atoms with van der Waals surface area (Å²) < 4.78 is 13.5. The number of benzene rings is 1. The highest BCUT2D eigenvalue weighted by molar-refractivity contribution is 7.93. The highest BCUT2D eigenvalue weighted by Gasteiger charge is 2.24. The third kappa shape index (κ3) is 3.61. The monoisotopic (exact) mass is 408 g/mol. The fourth-order valence-corrected chi connectivity index (χ4v) is 5.85. The van der Waals surface area contributed by atoms with Gasteiger partial charge >= 0.3 is 0 Å². The van der Waals surface area contributed by atoms with Gasteiger partial charge in [0.05, 0.1) is 11.4 Å². The average molecular weight is 409 g/mol. The predicted molar refractivity (Wildman–Crippen MR) is 117 cm³/mol. The van der Waals surface area contributed by atoms with Crippen molar-refractivity contribution in [3.05, 3.63) is 55.0 Å². The molecular weight excluding hydrogens is 388 g/mol. The van der Waals surface area contributed by atoms with Crippen LogP contribution in [0.5, 0.6) is 0 Å². The molecule has 0 aliphatic carbocycles. The second-order valence-corrected chi connectivity index (χ2v) is 9.17. The fraction of sp³-hybridized carbons (Fsp3) is 0.190. The standard InChI is InChI=1S/C21H20N4OS2/c1-2-3-11-28(26)21-19(22)18-15(14-7-5-4-6-8-14)12-17(25-20(18)27-21)16-9-10-23-13-24-16/h4-10,12-13H,2-3,11,22H2,1H3/t28-/m1/s1. The molecular formula is C21H20N4OS2. The number of aromatic nitrogens is 3. The van der Waals surface area contributed by atoms with E-state index in [0.29, 0.717) is 15.6 Å². The Morgan fingerprint density at radius 2 is 1.96 bits per heavy atom. The Bertz CT molecular complexity index is 1080. The molecule has 5 nitrogen and oxygen atoms in total. The lowest BCUT2D eigenvalue weighted by atomic mass is 10.0. The quantitative estimate of drug-likeness (QED) is 0.458. The van der Waals surface area contributed by atoms with Gasteiger partial charge in [0.1, 0.15) is 22.6 Å². The van der Waals surface area contributed by atoms with Crippen molar-refractivity contribution in [3.63, 3.8) is 0 Å². The van der Waals surface area contributed by atoms with Gasteiger partial charge in [-0.15, -0.1) is 0 Å². The first-order valence-corrected chi connectivity index (χ1v) is 11.3. The van der Waals surface area contributed by atoms with Gasteiger partial charge in [0.2, 0.25) is 4.21 Å². The lowest BCUT2D eigenvalue weighted by molar-refractivity contribution is 0.594. The lowest BCUT2D eigenvalue weighted by Gasteiger charge is -2.09. The van der Waals surface area contributed by atoms with Crippen molar-refractivity contribution in [3.8, 4) is 22.5 Å². The smallest absolute Gasteiger partial charge is 0.232 e. The number of thiophene rings is 1. The lowest BCUT2D eigenvalue weighted by Crippen LogP contribution is -2.06. The number of nitrogens with two attached hydrogens (primary N) is 1. The average Bonchev–Trinajstić information content (AvgIpc) is 3.09. The topological polar surface area (TPSA) is 87.8 Å². The van der Waals surface area contributed by atoms with Crippen molar-refractivity contribution in [2.45, 2.75) is 24.0 Å². The van der Waals surface area contributed by atoms with E-state index in [1.165, 1.54) is 17.7 Å². The number of nitrogen functional groups attached to an aromatic ring is 1. The van der Waals surface area contributed by atoms with Crippen LogP contribution >= 0.6 is 11.3 Å². The first-order chi connectivity index (χ1) is 13.7. The fourth-order valence-electron chi connectivity index (χ4n) is 3.06. The van der Waals surface area contributed by atoms with Crippen LogP contribution in [0, 0.1) is 0 Å². The van der Waals surface area contributed by atoms with E-state index in [2.05, 4.69) is 16.9 Å². The van der Waals surface area contributed by atoms with Gasteiger partial charge in [-0.1, -0.05) is 55.0 Å². The van der Waals surface area contributed by atoms with Crippen molar-refractivity contribution in [2.24, 2.45) is 0 Å². The predicted octanol–water partition coefficient (Wildman–Crippen LogP) is 4.91. The molecule has 28 heavy (non-hydrogen) atoms. The second-order valence-electron chi connectivity index (χ2n) is 6.40. The molecule has 0 radical (unpaired) electrons. The molecule has 0 bridgehead atoms. The number of nitrogens with zero attached hydrogens (tertiary/aromatic N) is 3. The Labute approximate surface area is 170 Å². The summed E-state index contributed by atoms with van der Waals surface area (Å²) in [6, 6.07) is 13.9. The summed E-state index contributed by atoms with van der Waals surface area (Å²) in [5.41, 5.74) is 10.6. The molecule has 0 aliphatic heterocycles. The Hall–Kier alpha value is -2.48. The molecule has 142 valence electrons. The molecule has 0 aliphatic rings. The maximum absolute atomic E-state index is 12.8. The highest BCUT2D eigenvalue weighted by Crippen LogP contribution is 2.43. The molecule has 2 N–H and O–H groups in total. The second kappa shape index (κ2) is 8.26. The van der Waals surface area contributed by atoms with E-state index >= 15 is 0 Å². The van der Waals surface area contributed by atoms with Gasteiger partial charge < -0.3 is 10.3 Å². The Kier molecular flexibility index (Phi) is 5.57. The summed E-state index contributed by atoms with van der Waals surface area (Å²) >= 11 is 0.305. The summed E-state index contributed by atoms with van der Waals surface area (Å²) in [7, 11) is 0. The molecule has 0 amide bonds. The Balaban J connectivity index is 1.94. The van der Waals surface area contributed by atoms with E-state index in [9.17, 15) is 4.55 Å². The minimum atomic E-state index is -1.12. The molecule has 4 rings (SSSR count). The number of hydrogen-bond acceptors (Lipinski definition) is 6. The van der Waals surface area contributed by atoms with Gasteiger partial charge in [0.15, 0.2) is 0 Å². The maximum atomic E-state index is 12.8. The first kappa shape index (κ1) is 18.9. The zero-order chi connectivity index (χ0) is 19.5. The van der Waals surface area contributed by atoms with Crippen LogP contribution in [0.4, 0.5) is 5.69 Å². The number of hydrogen-bond donors (Lipinski definition) is 1. The van der Waals surface area contributed by atoms with Crippen molar-refractivity contribution < 1.29 is 4.55 Å². The minimum absolute atomic E-state index is 0.579. The molecule has 0 saturated heterocycles. The van der Waals surface area contributed by atoms with Crippen LogP contribution in [0.2, 0.25) is 0 Å². The van der Waals surface area contributed by atoms with Crippen LogP contribution in [0.1, 0.15) is 19.8 Å². The van der Waals surface area contributed by atoms with Crippen molar-refractivity contribution in [1.82, 2.24) is 15.0 Å². The Morgan fingerprint density at radius 1 is 1.14 bits per heavy atom. The summed E-state index contributed by atoms with van der Waals surface area (Å²) in [5, 5.41) is 0.869. The van der Waals surface area contributed by atoms with Gasteiger partial charge in [-0.25, -0.2) is 15.0 Å². The van der Waals surface area contributed by atoms with Crippen LogP contribution in [0.3, 0.4) is 0 Å². The van der Waals surface area contributed by atoms with Crippen LogP contribution in [0.25, 0.3) is 32.7 Å². The molecule has 1 atom stereocenters. The van der Waals surface area contributed by atoms with Crippen molar-refractivity contribution in [1.29, 1.82) is 0 Å². The van der Waals surface area contributed by atoms with E-state index < -0.39 is 11.2 Å². The first-order valence-electron chi connectivity index (χ1n) is 9.12. The molecule has 7 heteroatoms. The number of unbranched alkanes of at least 4 members (excludes halogenated alkanes) is 1. The van der Waals surface area contributed by atoms with Crippen LogP contribution in [-0.2, 0) is 11.2 Å². The summed E-state index contributed by atoms with van der Waals surface area (Å²) in [4.78, 5) is 13.9. The minimum Gasteiger partial charge on any atom is -0.611 e. The number of pyridine rings is 1. The molecule has 4 aromatic rings. The van der Waals surface area contributed by atoms with E-state index in [1.54, 1.807) is 6.20 Å². The number of anilines is 1. The normalized spacial score (nSPS) is 12.4. The Morgan fingerprint density at radius 3 is 2.68 bits per heavy atom. The van der Waals surface area contributed by atoms with Crippen molar-refractivity contribution in [2.75, 3.05) is 11.5 Å². The number of rotatable bonds is 6.